The van der Waals surface area contributed by atoms with Crippen LogP contribution in [0.15, 0.2) is 60.0 Å². The van der Waals surface area contributed by atoms with Crippen molar-refractivity contribution in [3.8, 4) is 0 Å². The van der Waals surface area contributed by atoms with Crippen molar-refractivity contribution in [1.29, 1.82) is 0 Å². The molecule has 0 unspecified atom stereocenters. The van der Waals surface area contributed by atoms with E-state index >= 15 is 0 Å². The molecular formula is C26H32N6O3. The number of aromatic nitrogens is 3. The number of rotatable bonds is 8. The minimum atomic E-state index is -0.385. The van der Waals surface area contributed by atoms with Gasteiger partial charge in [-0.2, -0.15) is 4.98 Å². The molecule has 1 aromatic carbocycles. The number of nitrogens with one attached hydrogen (secondary N) is 1. The summed E-state index contributed by atoms with van der Waals surface area (Å²) in [4.78, 5) is 37.3. The Hall–Kier alpha value is -3.56. The number of aliphatic hydroxyl groups is 1. The van der Waals surface area contributed by atoms with Crippen molar-refractivity contribution < 1.29 is 9.90 Å². The van der Waals surface area contributed by atoms with Gasteiger partial charge in [-0.05, 0) is 37.1 Å². The van der Waals surface area contributed by atoms with Crippen molar-refractivity contribution in [1.82, 2.24) is 24.3 Å². The third-order valence-electron chi connectivity index (χ3n) is 6.46. The number of pyridine rings is 1. The highest BCUT2D eigenvalue weighted by atomic mass is 16.3. The van der Waals surface area contributed by atoms with Gasteiger partial charge in [0, 0.05) is 50.4 Å². The lowest BCUT2D eigenvalue weighted by molar-refractivity contribution is -0.127. The second-order valence-corrected chi connectivity index (χ2v) is 8.96. The van der Waals surface area contributed by atoms with E-state index in [4.69, 9.17) is 0 Å². The Morgan fingerprint density at radius 1 is 1.14 bits per heavy atom. The lowest BCUT2D eigenvalue weighted by atomic mass is 10.1. The number of aliphatic hydroxyl groups excluding tert-OH is 1. The molecule has 9 nitrogen and oxygen atoms in total. The molecule has 9 heteroatoms. The number of benzene rings is 1. The van der Waals surface area contributed by atoms with E-state index in [0.717, 1.165) is 43.7 Å². The first-order valence-corrected chi connectivity index (χ1v) is 11.9. The van der Waals surface area contributed by atoms with E-state index in [-0.39, 0.29) is 30.2 Å². The lowest BCUT2D eigenvalue weighted by Crippen LogP contribution is -2.47. The molecule has 2 N–H and O–H groups in total. The zero-order valence-corrected chi connectivity index (χ0v) is 20.2. The Labute approximate surface area is 204 Å². The molecule has 0 bridgehead atoms. The van der Waals surface area contributed by atoms with Crippen LogP contribution in [0.3, 0.4) is 0 Å². The van der Waals surface area contributed by atoms with Gasteiger partial charge in [-0.1, -0.05) is 30.8 Å². The maximum absolute atomic E-state index is 12.4. The Balaban J connectivity index is 1.41. The number of carbonyl (C=O) groups is 1. The zero-order valence-electron chi connectivity index (χ0n) is 20.2. The molecule has 4 rings (SSSR count). The van der Waals surface area contributed by atoms with Gasteiger partial charge in [-0.25, -0.2) is 4.98 Å². The van der Waals surface area contributed by atoms with Crippen molar-refractivity contribution in [2.75, 3.05) is 38.1 Å². The van der Waals surface area contributed by atoms with Crippen molar-refractivity contribution in [2.45, 2.75) is 32.5 Å². The van der Waals surface area contributed by atoms with Gasteiger partial charge in [-0.15, -0.1) is 0 Å². The summed E-state index contributed by atoms with van der Waals surface area (Å²) in [5.41, 5.74) is 2.59. The first-order valence-electron chi connectivity index (χ1n) is 11.9. The highest BCUT2D eigenvalue weighted by molar-refractivity contribution is 5.87. The molecular weight excluding hydrogens is 444 g/mol. The Morgan fingerprint density at radius 2 is 1.86 bits per heavy atom. The average Bonchev–Trinajstić information content (AvgIpc) is 2.88. The lowest BCUT2D eigenvalue weighted by Gasteiger charge is -2.34. The summed E-state index contributed by atoms with van der Waals surface area (Å²) in [6.07, 6.45) is 3.06. The molecule has 3 aromatic rings. The van der Waals surface area contributed by atoms with Gasteiger partial charge in [0.1, 0.15) is 5.65 Å². The Morgan fingerprint density at radius 3 is 2.51 bits per heavy atom. The molecule has 0 aliphatic carbocycles. The fourth-order valence-corrected chi connectivity index (χ4v) is 4.32. The van der Waals surface area contributed by atoms with E-state index in [0.29, 0.717) is 11.6 Å². The van der Waals surface area contributed by atoms with Crippen LogP contribution in [0.5, 0.6) is 0 Å². The zero-order chi connectivity index (χ0) is 24.9. The smallest absolute Gasteiger partial charge is 0.252 e. The molecule has 184 valence electrons. The summed E-state index contributed by atoms with van der Waals surface area (Å²) in [5, 5.41) is 13.6. The summed E-state index contributed by atoms with van der Waals surface area (Å²) >= 11 is 0. The molecule has 1 aliphatic rings. The fraction of sp³-hybridized carbons (Fsp3) is 0.385. The number of nitrogens with zero attached hydrogens (tertiary/aromatic N) is 5. The molecule has 0 radical (unpaired) electrons. The first kappa shape index (κ1) is 24.6. The van der Waals surface area contributed by atoms with Crippen LogP contribution in [-0.2, 0) is 11.3 Å². The standard InChI is InChI=1S/C26H32N6O3/c1-4-23(34)31-13-11-30(12-14-31)16-20-5-7-21(8-6-20)19(3)28-26-27-15-22-9-10-24(35)32(18(2)17-33)25(22)29-26/h4-10,15,18-19,33H,1,11-14,16-17H2,2-3H3,(H,27,28,29)/t18-,19-/m0/s1. The topological polar surface area (TPSA) is 104 Å². The van der Waals surface area contributed by atoms with Crippen molar-refractivity contribution >= 4 is 22.9 Å². The molecule has 0 saturated carbocycles. The highest BCUT2D eigenvalue weighted by Gasteiger charge is 2.19. The third kappa shape index (κ3) is 5.58. The number of hydrogen-bond donors (Lipinski definition) is 2. The molecule has 2 aromatic heterocycles. The van der Waals surface area contributed by atoms with Crippen molar-refractivity contribution in [3.05, 3.63) is 76.7 Å². The second-order valence-electron chi connectivity index (χ2n) is 8.96. The van der Waals surface area contributed by atoms with E-state index in [1.807, 2.05) is 11.8 Å². The van der Waals surface area contributed by atoms with E-state index in [1.165, 1.54) is 22.3 Å². The van der Waals surface area contributed by atoms with E-state index < -0.39 is 0 Å². The summed E-state index contributed by atoms with van der Waals surface area (Å²) in [6.45, 7) is 11.2. The summed E-state index contributed by atoms with van der Waals surface area (Å²) in [5.74, 6) is 0.419. The molecule has 2 atom stereocenters. The largest absolute Gasteiger partial charge is 0.394 e. The van der Waals surface area contributed by atoms with E-state index in [9.17, 15) is 14.7 Å². The van der Waals surface area contributed by atoms with Crippen LogP contribution in [0.2, 0.25) is 0 Å². The fourth-order valence-electron chi connectivity index (χ4n) is 4.32. The van der Waals surface area contributed by atoms with E-state index in [2.05, 4.69) is 51.0 Å². The van der Waals surface area contributed by atoms with Gasteiger partial charge in [0.2, 0.25) is 11.9 Å². The number of amides is 1. The van der Waals surface area contributed by atoms with Crippen LogP contribution in [0.1, 0.15) is 37.1 Å². The average molecular weight is 477 g/mol. The predicted octanol–water partition coefficient (Wildman–Crippen LogP) is 2.35. The second kappa shape index (κ2) is 10.8. The summed E-state index contributed by atoms with van der Waals surface area (Å²) in [7, 11) is 0. The molecule has 1 amide bonds. The normalized spacial score (nSPS) is 16.1. The number of fused-ring (bicyclic) bond motifs is 1. The van der Waals surface area contributed by atoms with Crippen LogP contribution in [-0.4, -0.2) is 68.1 Å². The minimum absolute atomic E-state index is 0.00271. The number of carbonyl (C=O) groups excluding carboxylic acids is 1. The van der Waals surface area contributed by atoms with Crippen LogP contribution >= 0.6 is 0 Å². The minimum Gasteiger partial charge on any atom is -0.394 e. The molecule has 0 spiro atoms. The maximum Gasteiger partial charge on any atom is 0.252 e. The van der Waals surface area contributed by atoms with Gasteiger partial charge in [0.05, 0.1) is 18.7 Å². The molecule has 1 saturated heterocycles. The SMILES string of the molecule is C=CC(=O)N1CCN(Cc2ccc([C@H](C)Nc3ncc4ccc(=O)n([C@@H](C)CO)c4n3)cc2)CC1. The molecule has 1 aliphatic heterocycles. The summed E-state index contributed by atoms with van der Waals surface area (Å²) in [6, 6.07) is 11.2. The third-order valence-corrected chi connectivity index (χ3v) is 6.46. The quantitative estimate of drug-likeness (QED) is 0.481. The van der Waals surface area contributed by atoms with Gasteiger partial charge >= 0.3 is 0 Å². The van der Waals surface area contributed by atoms with Gasteiger partial charge < -0.3 is 15.3 Å². The Kier molecular flexibility index (Phi) is 7.57. The molecule has 3 heterocycles. The number of hydrogen-bond acceptors (Lipinski definition) is 7. The first-order chi connectivity index (χ1) is 16.9. The van der Waals surface area contributed by atoms with Gasteiger partial charge in [0.15, 0.2) is 0 Å². The number of anilines is 1. The van der Waals surface area contributed by atoms with Crippen LogP contribution in [0, 0.1) is 0 Å². The van der Waals surface area contributed by atoms with Gasteiger partial charge in [0.25, 0.3) is 5.56 Å². The predicted molar refractivity (Wildman–Crippen MR) is 136 cm³/mol. The maximum atomic E-state index is 12.4. The number of piperazine rings is 1. The highest BCUT2D eigenvalue weighted by Crippen LogP contribution is 2.20. The Bertz CT molecular complexity index is 1250. The molecule has 35 heavy (non-hydrogen) atoms. The van der Waals surface area contributed by atoms with Gasteiger partial charge in [-0.3, -0.25) is 19.1 Å². The van der Waals surface area contributed by atoms with E-state index in [1.54, 1.807) is 19.2 Å². The molecule has 1 fully saturated rings. The van der Waals surface area contributed by atoms with Crippen LogP contribution < -0.4 is 10.9 Å². The van der Waals surface area contributed by atoms with Crippen molar-refractivity contribution in [2.24, 2.45) is 0 Å². The van der Waals surface area contributed by atoms with Crippen molar-refractivity contribution in [3.63, 3.8) is 0 Å². The monoisotopic (exact) mass is 476 g/mol. The van der Waals surface area contributed by atoms with Crippen LogP contribution in [0.4, 0.5) is 5.95 Å². The van der Waals surface area contributed by atoms with Crippen LogP contribution in [0.25, 0.3) is 11.0 Å². The summed E-state index contributed by atoms with van der Waals surface area (Å²) < 4.78 is 1.49.